The largest absolute Gasteiger partial charge is 0.744 e. The molecule has 0 unspecified atom stereocenters. The first-order chi connectivity index (χ1) is 30.1. The fourth-order valence-corrected chi connectivity index (χ4v) is 10.7. The summed E-state index contributed by atoms with van der Waals surface area (Å²) in [7, 11) is -11.7. The molecule has 7 nitrogen and oxygen atoms in total. The van der Waals surface area contributed by atoms with Gasteiger partial charge in [0.15, 0.2) is 68.4 Å². The van der Waals surface area contributed by atoms with E-state index in [9.17, 15) is 69.8 Å². The van der Waals surface area contributed by atoms with Gasteiger partial charge in [0.05, 0.1) is 10.9 Å². The van der Waals surface area contributed by atoms with Gasteiger partial charge in [-0.05, 0) is 91.9 Å². The quantitative estimate of drug-likeness (QED) is 0.0365. The summed E-state index contributed by atoms with van der Waals surface area (Å²) in [5, 5.41) is 0. The van der Waals surface area contributed by atoms with E-state index in [0.29, 0.717) is 0 Å². The first-order valence-corrected chi connectivity index (χ1v) is 23.7. The van der Waals surface area contributed by atoms with Gasteiger partial charge >= 0.3 is 21.2 Å². The Morgan fingerprint density at radius 2 is 0.688 bits per heavy atom. The summed E-state index contributed by atoms with van der Waals surface area (Å²) >= 11 is -0.169. The molecule has 0 N–H and O–H groups in total. The molecule has 0 aromatic heterocycles. The third kappa shape index (κ3) is 12.0. The monoisotopic (exact) mass is 1070 g/mol. The van der Waals surface area contributed by atoms with Crippen molar-refractivity contribution in [1.82, 2.24) is 0 Å². The molecule has 0 saturated carbocycles. The lowest BCUT2D eigenvalue weighted by Crippen LogP contribution is -3.61. The summed E-state index contributed by atoms with van der Waals surface area (Å²) in [4.78, 5) is -0.842. The third-order valence-corrected chi connectivity index (χ3v) is 14.8. The van der Waals surface area contributed by atoms with Crippen LogP contribution in [0.1, 0.15) is 5.56 Å². The Morgan fingerprint density at radius 1 is 0.406 bits per heavy atom. The van der Waals surface area contributed by atoms with Crippen LogP contribution in [0.5, 0.6) is 11.5 Å². The highest BCUT2D eigenvalue weighted by Gasteiger charge is 2.31. The molecule has 7 aromatic rings. The second-order valence-corrected chi connectivity index (χ2v) is 20.2. The molecule has 0 amide bonds. The Labute approximate surface area is 372 Å². The maximum atomic E-state index is 12.6. The summed E-state index contributed by atoms with van der Waals surface area (Å²) in [5.41, 5.74) is 1.31. The fraction of sp³-hybridized carbons (Fsp3) is 0.0233. The molecule has 0 atom stereocenters. The van der Waals surface area contributed by atoms with Crippen LogP contribution in [0.2, 0.25) is 0 Å². The van der Waals surface area contributed by atoms with Gasteiger partial charge in [0.2, 0.25) is 11.6 Å². The van der Waals surface area contributed by atoms with Crippen LogP contribution >= 0.6 is 0 Å². The van der Waals surface area contributed by atoms with Crippen molar-refractivity contribution in [2.75, 3.05) is 0 Å². The van der Waals surface area contributed by atoms with E-state index >= 15 is 0 Å². The molecular formula is C43H25F10IO7S3. The summed E-state index contributed by atoms with van der Waals surface area (Å²) in [6, 6.07) is 47.4. The fourth-order valence-electron chi connectivity index (χ4n) is 5.20. The second kappa shape index (κ2) is 21.0. The van der Waals surface area contributed by atoms with Crippen molar-refractivity contribution in [3.05, 3.63) is 204 Å². The van der Waals surface area contributed by atoms with Crippen LogP contribution in [0.4, 0.5) is 43.9 Å². The Bertz CT molecular complexity index is 2800. The van der Waals surface area contributed by atoms with Gasteiger partial charge in [-0.1, -0.05) is 54.1 Å². The Kier molecular flexibility index (Phi) is 16.3. The van der Waals surface area contributed by atoms with Crippen molar-refractivity contribution in [3.63, 3.8) is 0 Å². The zero-order chi connectivity index (χ0) is 47.1. The van der Waals surface area contributed by atoms with Crippen molar-refractivity contribution in [1.29, 1.82) is 0 Å². The average molecular weight is 1070 g/mol. The molecular weight excluding hydrogens is 1040 g/mol. The lowest BCUT2D eigenvalue weighted by atomic mass is 10.2. The van der Waals surface area contributed by atoms with E-state index in [1.807, 2.05) is 0 Å². The van der Waals surface area contributed by atoms with Crippen molar-refractivity contribution in [3.8, 4) is 11.5 Å². The predicted molar refractivity (Wildman–Crippen MR) is 205 cm³/mol. The van der Waals surface area contributed by atoms with E-state index in [4.69, 9.17) is 4.74 Å². The predicted octanol–water partition coefficient (Wildman–Crippen LogP) is 7.58. The zero-order valence-corrected chi connectivity index (χ0v) is 36.5. The molecule has 0 aliphatic rings. The maximum absolute atomic E-state index is 12.6. The standard InChI is InChI=1S/C31H25IOS.2C6HF5O3S/c1-24-12-14-25(15-13-24)32-26-16-18-27(19-17-26)33-28-20-22-31(23-21-28)34(29-8-4-2-5-9-29)30-10-6-3-7-11-30;2*7-1-2(8)4(10)6(15(12,13)14)5(11)3(1)9/h2-23H,1H3;2*(H,12,13,14)/q+2;;/p-2. The van der Waals surface area contributed by atoms with Crippen molar-refractivity contribution in [2.45, 2.75) is 31.4 Å². The van der Waals surface area contributed by atoms with Crippen LogP contribution in [0.25, 0.3) is 0 Å². The summed E-state index contributed by atoms with van der Waals surface area (Å²) in [5.74, 6) is -23.9. The highest BCUT2D eigenvalue weighted by molar-refractivity contribution is 7.97. The van der Waals surface area contributed by atoms with Crippen LogP contribution < -0.4 is 25.9 Å². The smallest absolute Gasteiger partial charge is 0.357 e. The molecule has 0 spiro atoms. The minimum Gasteiger partial charge on any atom is -0.744 e. The number of aryl methyl sites for hydroxylation is 1. The second-order valence-electron chi connectivity index (χ2n) is 12.6. The minimum absolute atomic E-state index is 0.145. The molecule has 334 valence electrons. The van der Waals surface area contributed by atoms with Crippen LogP contribution in [0, 0.1) is 72.2 Å². The summed E-state index contributed by atoms with van der Waals surface area (Å²) in [6.45, 7) is 2.13. The van der Waals surface area contributed by atoms with Crippen LogP contribution in [-0.2, 0) is 31.1 Å². The number of ether oxygens (including phenoxy) is 1. The number of rotatable bonds is 9. The van der Waals surface area contributed by atoms with E-state index in [1.54, 1.807) is 0 Å². The van der Waals surface area contributed by atoms with Gasteiger partial charge < -0.3 is 13.8 Å². The van der Waals surface area contributed by atoms with Gasteiger partial charge in [-0.15, -0.1) is 0 Å². The van der Waals surface area contributed by atoms with E-state index in [2.05, 4.69) is 140 Å². The molecule has 0 heterocycles. The molecule has 0 fully saturated rings. The van der Waals surface area contributed by atoms with Gasteiger partial charge in [0, 0.05) is 0 Å². The molecule has 0 aliphatic heterocycles. The molecule has 7 aromatic carbocycles. The first-order valence-electron chi connectivity index (χ1n) is 17.5. The summed E-state index contributed by atoms with van der Waals surface area (Å²) in [6.07, 6.45) is 0. The van der Waals surface area contributed by atoms with E-state index in [0.717, 1.165) is 11.5 Å². The average Bonchev–Trinajstić information content (AvgIpc) is 3.26. The van der Waals surface area contributed by atoms with Crippen molar-refractivity contribution < 1.29 is 95.8 Å². The van der Waals surface area contributed by atoms with E-state index in [1.165, 1.54) is 27.4 Å². The van der Waals surface area contributed by atoms with Crippen molar-refractivity contribution in [2.24, 2.45) is 0 Å². The van der Waals surface area contributed by atoms with Crippen LogP contribution in [-0.4, -0.2) is 25.9 Å². The zero-order valence-electron chi connectivity index (χ0n) is 31.9. The summed E-state index contributed by atoms with van der Waals surface area (Å²) < 4.78 is 195. The van der Waals surface area contributed by atoms with Gasteiger partial charge in [-0.25, -0.2) is 60.7 Å². The molecule has 0 radical (unpaired) electrons. The van der Waals surface area contributed by atoms with E-state index < -0.39 is 88.2 Å². The molecule has 0 aliphatic carbocycles. The SMILES string of the molecule is Cc1ccc([I+]c2ccc(Oc3ccc([S+](c4ccccc4)c4ccccc4)cc3)cc2)cc1.O=S(=O)([O-])c1c(F)c(F)c(F)c(F)c1F.O=S(=O)([O-])c1c(F)c(F)c(F)c(F)c1F. The van der Waals surface area contributed by atoms with E-state index in [-0.39, 0.29) is 32.1 Å². The molecule has 7 rings (SSSR count). The highest BCUT2D eigenvalue weighted by Crippen LogP contribution is 2.33. The number of benzene rings is 7. The third-order valence-electron chi connectivity index (χ3n) is 8.13. The van der Waals surface area contributed by atoms with Crippen LogP contribution in [0.3, 0.4) is 0 Å². The number of hydrogen-bond donors (Lipinski definition) is 0. The number of halogens is 11. The lowest BCUT2D eigenvalue weighted by molar-refractivity contribution is -0.597. The Balaban J connectivity index is 0.000000213. The Hall–Kier alpha value is -5.46. The maximum Gasteiger partial charge on any atom is 0.357 e. The minimum atomic E-state index is -5.77. The van der Waals surface area contributed by atoms with Gasteiger partial charge in [-0.2, -0.15) is 0 Å². The topological polar surface area (TPSA) is 124 Å². The Morgan fingerprint density at radius 3 is 1.02 bits per heavy atom. The lowest BCUT2D eigenvalue weighted by Gasteiger charge is -2.10. The van der Waals surface area contributed by atoms with Gasteiger partial charge in [0.1, 0.15) is 41.5 Å². The first kappa shape index (κ1) is 49.6. The molecule has 21 heteroatoms. The highest BCUT2D eigenvalue weighted by atomic mass is 127. The van der Waals surface area contributed by atoms with Gasteiger partial charge in [-0.3, -0.25) is 0 Å². The van der Waals surface area contributed by atoms with Gasteiger partial charge in [0.25, 0.3) is 0 Å². The molecule has 0 saturated heterocycles. The molecule has 64 heavy (non-hydrogen) atoms. The number of hydrogen-bond acceptors (Lipinski definition) is 7. The van der Waals surface area contributed by atoms with Crippen LogP contribution in [0.15, 0.2) is 158 Å². The normalized spacial score (nSPS) is 11.3. The van der Waals surface area contributed by atoms with Crippen molar-refractivity contribution >= 4 is 31.1 Å². The molecule has 0 bridgehead atoms.